The zero-order chi connectivity index (χ0) is 16.9. The summed E-state index contributed by atoms with van der Waals surface area (Å²) in [7, 11) is -2.97. The summed E-state index contributed by atoms with van der Waals surface area (Å²) in [6, 6.07) is 4.49. The predicted octanol–water partition coefficient (Wildman–Crippen LogP) is 1.78. The van der Waals surface area contributed by atoms with Crippen LogP contribution >= 0.6 is 11.6 Å². The Morgan fingerprint density at radius 1 is 1.43 bits per heavy atom. The second-order valence-corrected chi connectivity index (χ2v) is 6.11. The van der Waals surface area contributed by atoms with Crippen molar-refractivity contribution in [3.05, 3.63) is 28.8 Å². The van der Waals surface area contributed by atoms with Gasteiger partial charge in [-0.1, -0.05) is 22.1 Å². The topological polar surface area (TPSA) is 95.8 Å². The van der Waals surface area contributed by atoms with E-state index in [0.29, 0.717) is 0 Å². The second kappa shape index (κ2) is 7.51. The zero-order valence-corrected chi connectivity index (χ0v) is 14.1. The van der Waals surface area contributed by atoms with E-state index in [1.54, 1.807) is 13.0 Å². The molecular formula is C13H15ClN2O6S. The van der Waals surface area contributed by atoms with Crippen LogP contribution in [-0.2, 0) is 29.1 Å². The van der Waals surface area contributed by atoms with Crippen LogP contribution in [0.5, 0.6) is 0 Å². The number of rotatable bonds is 4. The van der Waals surface area contributed by atoms with E-state index < -0.39 is 10.0 Å². The average Bonchev–Trinajstić information content (AvgIpc) is 2.54. The van der Waals surface area contributed by atoms with Crippen LogP contribution in [0, 0.1) is 0 Å². The minimum Gasteiger partial charge on any atom is -0.471 e. The molecule has 126 valence electrons. The molecule has 0 amide bonds. The van der Waals surface area contributed by atoms with E-state index in [4.69, 9.17) is 30.6 Å². The Balaban J connectivity index is 2.55. The molecule has 0 radical (unpaired) electrons. The summed E-state index contributed by atoms with van der Waals surface area (Å²) in [6.07, 6.45) is -0.388. The van der Waals surface area contributed by atoms with Gasteiger partial charge < -0.3 is 19.0 Å². The Morgan fingerprint density at radius 3 is 2.83 bits per heavy atom. The molecule has 0 aliphatic carbocycles. The van der Waals surface area contributed by atoms with E-state index >= 15 is 0 Å². The lowest BCUT2D eigenvalue weighted by Crippen LogP contribution is -2.20. The molecule has 1 aromatic rings. The van der Waals surface area contributed by atoms with E-state index in [1.807, 2.05) is 0 Å². The number of hydrogen-bond acceptors (Lipinski definition) is 7. The summed E-state index contributed by atoms with van der Waals surface area (Å²) in [4.78, 5) is 4.66. The van der Waals surface area contributed by atoms with Crippen molar-refractivity contribution in [1.29, 1.82) is 0 Å². The molecule has 2 rings (SSSR count). The molecule has 0 unspecified atom stereocenters. The van der Waals surface area contributed by atoms with Crippen LogP contribution < -0.4 is 0 Å². The molecule has 10 heteroatoms. The fourth-order valence-corrected chi connectivity index (χ4v) is 3.39. The molecule has 1 heterocycles. The molecule has 8 nitrogen and oxygen atoms in total. The Labute approximate surface area is 138 Å². The smallest absolute Gasteiger partial charge is 0.399 e. The minimum atomic E-state index is -4.21. The first-order chi connectivity index (χ1) is 11.0. The number of nitrogens with zero attached hydrogens (tertiary/aromatic N) is 2. The molecule has 1 aliphatic heterocycles. The SMILES string of the molecule is CCOC(=NS(=O)(=O)c1c(Cl)cccc1C1=NOCCO1)OC. The molecule has 0 fully saturated rings. The summed E-state index contributed by atoms with van der Waals surface area (Å²) in [5, 5.41) is 3.68. The lowest BCUT2D eigenvalue weighted by molar-refractivity contribution is 0.0653. The van der Waals surface area contributed by atoms with Gasteiger partial charge in [-0.25, -0.2) is 0 Å². The summed E-state index contributed by atoms with van der Waals surface area (Å²) >= 11 is 6.06. The van der Waals surface area contributed by atoms with E-state index in [1.165, 1.54) is 19.2 Å². The van der Waals surface area contributed by atoms with Crippen LogP contribution in [-0.4, -0.2) is 47.3 Å². The lowest BCUT2D eigenvalue weighted by Gasteiger charge is -2.16. The summed E-state index contributed by atoms with van der Waals surface area (Å²) < 4.78 is 43.8. The fraction of sp³-hybridized carbons (Fsp3) is 0.385. The standard InChI is InChI=1S/C13H15ClN2O6S/c1-3-20-13(19-2)16-23(17,18)11-9(5-4-6-10(11)14)12-15-22-8-7-21-12/h4-6H,3,7-8H2,1-2H3. The van der Waals surface area contributed by atoms with Crippen LogP contribution in [0.15, 0.2) is 32.6 Å². The number of sulfonamides is 1. The van der Waals surface area contributed by atoms with Crippen LogP contribution in [0.2, 0.25) is 5.02 Å². The number of methoxy groups -OCH3 is 1. The van der Waals surface area contributed by atoms with Crippen molar-refractivity contribution in [3.63, 3.8) is 0 Å². The van der Waals surface area contributed by atoms with E-state index in [0.717, 1.165) is 0 Å². The molecule has 23 heavy (non-hydrogen) atoms. The molecule has 0 saturated heterocycles. The highest BCUT2D eigenvalue weighted by molar-refractivity contribution is 7.90. The maximum atomic E-state index is 12.6. The van der Waals surface area contributed by atoms with Gasteiger partial charge in [0, 0.05) is 0 Å². The number of hydrogen-bond donors (Lipinski definition) is 0. The Hall–Kier alpha value is -2.00. The van der Waals surface area contributed by atoms with Gasteiger partial charge >= 0.3 is 6.08 Å². The third kappa shape index (κ3) is 4.05. The molecule has 0 spiro atoms. The van der Waals surface area contributed by atoms with Gasteiger partial charge in [0.2, 0.25) is 0 Å². The van der Waals surface area contributed by atoms with Crippen LogP contribution in [0.25, 0.3) is 0 Å². The van der Waals surface area contributed by atoms with Crippen molar-refractivity contribution in [1.82, 2.24) is 0 Å². The molecule has 0 saturated carbocycles. The normalized spacial score (nSPS) is 15.3. The summed E-state index contributed by atoms with van der Waals surface area (Å²) in [6.45, 7) is 2.39. The summed E-state index contributed by atoms with van der Waals surface area (Å²) in [5.41, 5.74) is 0.146. The van der Waals surface area contributed by atoms with Gasteiger partial charge in [-0.2, -0.15) is 8.42 Å². The van der Waals surface area contributed by atoms with Gasteiger partial charge in [0.25, 0.3) is 15.9 Å². The first-order valence-electron chi connectivity index (χ1n) is 6.63. The minimum absolute atomic E-state index is 0.0166. The van der Waals surface area contributed by atoms with Gasteiger partial charge in [0.15, 0.2) is 6.61 Å². The molecule has 0 N–H and O–H groups in total. The van der Waals surface area contributed by atoms with E-state index in [9.17, 15) is 8.42 Å². The van der Waals surface area contributed by atoms with Crippen molar-refractivity contribution < 1.29 is 27.5 Å². The maximum absolute atomic E-state index is 12.6. The quantitative estimate of drug-likeness (QED) is 0.598. The predicted molar refractivity (Wildman–Crippen MR) is 83.1 cm³/mol. The van der Waals surface area contributed by atoms with Crippen LogP contribution in [0.4, 0.5) is 0 Å². The van der Waals surface area contributed by atoms with Gasteiger partial charge in [0.05, 0.1) is 24.3 Å². The monoisotopic (exact) mass is 362 g/mol. The number of halogens is 1. The van der Waals surface area contributed by atoms with Crippen molar-refractivity contribution in [2.24, 2.45) is 9.55 Å². The van der Waals surface area contributed by atoms with Crippen molar-refractivity contribution >= 4 is 33.6 Å². The van der Waals surface area contributed by atoms with Crippen LogP contribution in [0.1, 0.15) is 12.5 Å². The van der Waals surface area contributed by atoms with Gasteiger partial charge in [0.1, 0.15) is 11.5 Å². The van der Waals surface area contributed by atoms with Crippen LogP contribution in [0.3, 0.4) is 0 Å². The highest BCUT2D eigenvalue weighted by Gasteiger charge is 2.27. The van der Waals surface area contributed by atoms with Crippen molar-refractivity contribution in [2.45, 2.75) is 11.8 Å². The fourth-order valence-electron chi connectivity index (χ4n) is 1.76. The summed E-state index contributed by atoms with van der Waals surface area (Å²) in [5.74, 6) is 0.0166. The highest BCUT2D eigenvalue weighted by atomic mass is 35.5. The average molecular weight is 363 g/mol. The molecule has 0 atom stereocenters. The van der Waals surface area contributed by atoms with Gasteiger partial charge in [-0.3, -0.25) is 0 Å². The first-order valence-corrected chi connectivity index (χ1v) is 8.44. The third-order valence-electron chi connectivity index (χ3n) is 2.65. The van der Waals surface area contributed by atoms with E-state index in [-0.39, 0.29) is 47.3 Å². The third-order valence-corrected chi connectivity index (χ3v) is 4.43. The van der Waals surface area contributed by atoms with E-state index in [2.05, 4.69) is 9.55 Å². The molecular weight excluding hydrogens is 348 g/mol. The maximum Gasteiger partial charge on any atom is 0.399 e. The molecule has 0 aromatic heterocycles. The molecule has 1 aromatic carbocycles. The van der Waals surface area contributed by atoms with Crippen molar-refractivity contribution in [3.8, 4) is 0 Å². The lowest BCUT2D eigenvalue weighted by atomic mass is 10.2. The number of benzene rings is 1. The Morgan fingerprint density at radius 2 is 2.22 bits per heavy atom. The number of ether oxygens (including phenoxy) is 3. The largest absolute Gasteiger partial charge is 0.471 e. The Kier molecular flexibility index (Phi) is 5.67. The molecule has 1 aliphatic rings. The van der Waals surface area contributed by atoms with Gasteiger partial charge in [-0.05, 0) is 24.2 Å². The van der Waals surface area contributed by atoms with Crippen molar-refractivity contribution in [2.75, 3.05) is 26.9 Å². The van der Waals surface area contributed by atoms with Gasteiger partial charge in [-0.15, -0.1) is 0 Å². The number of oxime groups is 1. The zero-order valence-electron chi connectivity index (χ0n) is 12.5. The highest BCUT2D eigenvalue weighted by Crippen LogP contribution is 2.28. The Bertz CT molecular complexity index is 732. The second-order valence-electron chi connectivity index (χ2n) is 4.16. The first kappa shape index (κ1) is 17.4. The molecule has 0 bridgehead atoms.